The van der Waals surface area contributed by atoms with Crippen molar-refractivity contribution < 1.29 is 13.2 Å². The van der Waals surface area contributed by atoms with E-state index in [-0.39, 0.29) is 23.2 Å². The maximum absolute atomic E-state index is 11.6. The summed E-state index contributed by atoms with van der Waals surface area (Å²) >= 11 is 0. The zero-order valence-corrected chi connectivity index (χ0v) is 10.3. The Morgan fingerprint density at radius 2 is 2.07 bits per heavy atom. The van der Waals surface area contributed by atoms with Gasteiger partial charge in [0.1, 0.15) is 15.6 Å². The van der Waals surface area contributed by atoms with Crippen molar-refractivity contribution >= 4 is 15.6 Å². The molecule has 0 aliphatic heterocycles. The largest absolute Gasteiger partial charge is 0.299 e. The van der Waals surface area contributed by atoms with Gasteiger partial charge in [-0.05, 0) is 25.2 Å². The van der Waals surface area contributed by atoms with Crippen LogP contribution >= 0.6 is 0 Å². The maximum Gasteiger partial charge on any atom is 0.150 e. The van der Waals surface area contributed by atoms with Gasteiger partial charge in [0.25, 0.3) is 0 Å². The average Bonchev–Trinajstić information content (AvgIpc) is 2.20. The zero-order valence-electron chi connectivity index (χ0n) is 9.53. The summed E-state index contributed by atoms with van der Waals surface area (Å²) in [7, 11) is -2.91. The molecule has 1 rings (SSSR count). The third-order valence-electron chi connectivity index (χ3n) is 3.24. The minimum absolute atomic E-state index is 0.00456. The highest BCUT2D eigenvalue weighted by atomic mass is 32.2. The standard InChI is InChI=1S/C11H20O3S/c1-3-15(13,14)7-6-10-8-9(2)4-5-11(10)12/h9-10H,3-8H2,1-2H3. The van der Waals surface area contributed by atoms with Crippen molar-refractivity contribution in [3.8, 4) is 0 Å². The van der Waals surface area contributed by atoms with Crippen LogP contribution in [0.5, 0.6) is 0 Å². The van der Waals surface area contributed by atoms with Gasteiger partial charge in [-0.1, -0.05) is 13.8 Å². The van der Waals surface area contributed by atoms with Gasteiger partial charge in [-0.25, -0.2) is 8.42 Å². The summed E-state index contributed by atoms with van der Waals surface area (Å²) in [6.45, 7) is 3.79. The number of carbonyl (C=O) groups is 1. The molecule has 1 fully saturated rings. The normalized spacial score (nSPS) is 28.0. The van der Waals surface area contributed by atoms with Crippen LogP contribution in [0.15, 0.2) is 0 Å². The Hall–Kier alpha value is -0.380. The lowest BCUT2D eigenvalue weighted by atomic mass is 9.80. The molecule has 0 bridgehead atoms. The summed E-state index contributed by atoms with van der Waals surface area (Å²) in [4.78, 5) is 11.6. The molecule has 0 heterocycles. The first-order valence-electron chi connectivity index (χ1n) is 5.67. The molecule has 0 aromatic heterocycles. The predicted molar refractivity (Wildman–Crippen MR) is 60.5 cm³/mol. The molecule has 2 unspecified atom stereocenters. The van der Waals surface area contributed by atoms with E-state index < -0.39 is 9.84 Å². The lowest BCUT2D eigenvalue weighted by Gasteiger charge is -2.25. The highest BCUT2D eigenvalue weighted by molar-refractivity contribution is 7.91. The molecule has 3 nitrogen and oxygen atoms in total. The monoisotopic (exact) mass is 232 g/mol. The molecule has 0 N–H and O–H groups in total. The van der Waals surface area contributed by atoms with Crippen LogP contribution < -0.4 is 0 Å². The lowest BCUT2D eigenvalue weighted by Crippen LogP contribution is -2.26. The smallest absolute Gasteiger partial charge is 0.150 e. The second kappa shape index (κ2) is 5.10. The van der Waals surface area contributed by atoms with Crippen molar-refractivity contribution in [3.63, 3.8) is 0 Å². The minimum atomic E-state index is -2.91. The van der Waals surface area contributed by atoms with E-state index in [9.17, 15) is 13.2 Å². The fraction of sp³-hybridized carbons (Fsp3) is 0.909. The predicted octanol–water partition coefficient (Wildman–Crippen LogP) is 1.82. The Morgan fingerprint density at radius 1 is 1.40 bits per heavy atom. The number of carbonyl (C=O) groups excluding carboxylic acids is 1. The first-order chi connectivity index (χ1) is 6.94. The van der Waals surface area contributed by atoms with Gasteiger partial charge in [-0.15, -0.1) is 0 Å². The average molecular weight is 232 g/mol. The van der Waals surface area contributed by atoms with Crippen molar-refractivity contribution in [1.29, 1.82) is 0 Å². The van der Waals surface area contributed by atoms with Crippen molar-refractivity contribution in [2.24, 2.45) is 11.8 Å². The Morgan fingerprint density at radius 3 is 2.67 bits per heavy atom. The van der Waals surface area contributed by atoms with E-state index >= 15 is 0 Å². The van der Waals surface area contributed by atoms with Crippen molar-refractivity contribution in [2.45, 2.75) is 39.5 Å². The van der Waals surface area contributed by atoms with E-state index in [4.69, 9.17) is 0 Å². The van der Waals surface area contributed by atoms with Gasteiger partial charge in [0, 0.05) is 18.1 Å². The van der Waals surface area contributed by atoms with E-state index in [0.717, 1.165) is 12.8 Å². The van der Waals surface area contributed by atoms with Gasteiger partial charge < -0.3 is 0 Å². The Labute approximate surface area is 92.2 Å². The second-order valence-corrected chi connectivity index (χ2v) is 7.04. The fourth-order valence-corrected chi connectivity index (χ4v) is 3.01. The molecule has 0 spiro atoms. The van der Waals surface area contributed by atoms with Crippen molar-refractivity contribution in [3.05, 3.63) is 0 Å². The van der Waals surface area contributed by atoms with Crippen LogP contribution in [0.1, 0.15) is 39.5 Å². The van der Waals surface area contributed by atoms with Crippen LogP contribution in [0, 0.1) is 11.8 Å². The number of hydrogen-bond donors (Lipinski definition) is 0. The zero-order chi connectivity index (χ0) is 11.5. The lowest BCUT2D eigenvalue weighted by molar-refractivity contribution is -0.125. The molecule has 0 aromatic carbocycles. The molecule has 1 aliphatic carbocycles. The summed E-state index contributed by atoms with van der Waals surface area (Å²) in [6.07, 6.45) is 3.01. The van der Waals surface area contributed by atoms with E-state index in [2.05, 4.69) is 6.92 Å². The Kier molecular flexibility index (Phi) is 4.32. The van der Waals surface area contributed by atoms with Crippen LogP contribution in [0.25, 0.3) is 0 Å². The SMILES string of the molecule is CCS(=O)(=O)CCC1CC(C)CCC1=O. The van der Waals surface area contributed by atoms with E-state index in [1.807, 2.05) is 0 Å². The van der Waals surface area contributed by atoms with E-state index in [1.165, 1.54) is 0 Å². The summed E-state index contributed by atoms with van der Waals surface area (Å²) in [6, 6.07) is 0. The number of Topliss-reactive ketones (excluding diaryl/α,β-unsaturated/α-hetero) is 1. The topological polar surface area (TPSA) is 51.2 Å². The third-order valence-corrected chi connectivity index (χ3v) is 4.98. The minimum Gasteiger partial charge on any atom is -0.299 e. The van der Waals surface area contributed by atoms with E-state index in [0.29, 0.717) is 18.8 Å². The first kappa shape index (κ1) is 12.7. The molecule has 1 aliphatic rings. The summed E-state index contributed by atoms with van der Waals surface area (Å²) in [5.74, 6) is 1.18. The molecule has 0 radical (unpaired) electrons. The molecule has 0 aromatic rings. The molecule has 88 valence electrons. The van der Waals surface area contributed by atoms with Gasteiger partial charge in [0.15, 0.2) is 0 Å². The molecular formula is C11H20O3S. The number of ketones is 1. The molecule has 1 saturated carbocycles. The fourth-order valence-electron chi connectivity index (χ4n) is 2.07. The second-order valence-electron chi connectivity index (χ2n) is 4.57. The highest BCUT2D eigenvalue weighted by Gasteiger charge is 2.27. The maximum atomic E-state index is 11.6. The van der Waals surface area contributed by atoms with Crippen molar-refractivity contribution in [1.82, 2.24) is 0 Å². The van der Waals surface area contributed by atoms with Gasteiger partial charge in [0.2, 0.25) is 0 Å². The molecular weight excluding hydrogens is 212 g/mol. The van der Waals surface area contributed by atoms with Crippen LogP contribution in [0.3, 0.4) is 0 Å². The van der Waals surface area contributed by atoms with Gasteiger partial charge >= 0.3 is 0 Å². The number of rotatable bonds is 4. The van der Waals surface area contributed by atoms with Crippen LogP contribution in [0.4, 0.5) is 0 Å². The summed E-state index contributed by atoms with van der Waals surface area (Å²) in [5, 5.41) is 0. The quantitative estimate of drug-likeness (QED) is 0.743. The van der Waals surface area contributed by atoms with Crippen LogP contribution in [-0.4, -0.2) is 25.7 Å². The van der Waals surface area contributed by atoms with Crippen molar-refractivity contribution in [2.75, 3.05) is 11.5 Å². The Balaban J connectivity index is 2.47. The van der Waals surface area contributed by atoms with Gasteiger partial charge in [0.05, 0.1) is 5.75 Å². The van der Waals surface area contributed by atoms with Crippen LogP contribution in [-0.2, 0) is 14.6 Å². The van der Waals surface area contributed by atoms with Gasteiger partial charge in [-0.2, -0.15) is 0 Å². The molecule has 4 heteroatoms. The first-order valence-corrected chi connectivity index (χ1v) is 7.50. The third kappa shape index (κ3) is 3.93. The van der Waals surface area contributed by atoms with Crippen LogP contribution in [0.2, 0.25) is 0 Å². The summed E-state index contributed by atoms with van der Waals surface area (Å²) in [5.41, 5.74) is 0. The highest BCUT2D eigenvalue weighted by Crippen LogP contribution is 2.28. The number of sulfone groups is 1. The Bertz CT molecular complexity index is 319. The van der Waals surface area contributed by atoms with E-state index in [1.54, 1.807) is 6.92 Å². The molecule has 0 amide bonds. The molecule has 2 atom stereocenters. The molecule has 0 saturated heterocycles. The number of hydrogen-bond acceptors (Lipinski definition) is 3. The molecule has 15 heavy (non-hydrogen) atoms. The summed E-state index contributed by atoms with van der Waals surface area (Å²) < 4.78 is 22.6. The van der Waals surface area contributed by atoms with Gasteiger partial charge in [-0.3, -0.25) is 4.79 Å².